The normalized spacial score (nSPS) is 10.9. The first-order chi connectivity index (χ1) is 15.4. The van der Waals surface area contributed by atoms with E-state index >= 15 is 0 Å². The maximum absolute atomic E-state index is 12.4. The van der Waals surface area contributed by atoms with Crippen molar-refractivity contribution < 1.29 is 9.53 Å². The topological polar surface area (TPSA) is 69.0 Å². The highest BCUT2D eigenvalue weighted by Gasteiger charge is 2.17. The average Bonchev–Trinajstić information content (AvgIpc) is 3.35. The molecule has 6 nitrogen and oxygen atoms in total. The van der Waals surface area contributed by atoms with Gasteiger partial charge in [-0.2, -0.15) is 5.10 Å². The number of nitrogens with zero attached hydrogens (tertiary/aromatic N) is 3. The molecule has 164 valence electrons. The number of rotatable bonds is 7. The lowest BCUT2D eigenvalue weighted by molar-refractivity contribution is -0.115. The fourth-order valence-corrected chi connectivity index (χ4v) is 4.50. The quantitative estimate of drug-likeness (QED) is 0.397. The van der Waals surface area contributed by atoms with Crippen molar-refractivity contribution in [2.24, 2.45) is 0 Å². The van der Waals surface area contributed by atoms with E-state index in [-0.39, 0.29) is 12.3 Å². The highest BCUT2D eigenvalue weighted by atomic mass is 35.5. The summed E-state index contributed by atoms with van der Waals surface area (Å²) in [6.07, 6.45) is 0.897. The van der Waals surface area contributed by atoms with Crippen LogP contribution in [-0.2, 0) is 17.6 Å². The van der Waals surface area contributed by atoms with Crippen LogP contribution in [0.15, 0.2) is 53.9 Å². The summed E-state index contributed by atoms with van der Waals surface area (Å²) in [5, 5.41) is 11.0. The number of thiazole rings is 1. The minimum atomic E-state index is -0.125. The number of ether oxygens (including phenoxy) is 1. The van der Waals surface area contributed by atoms with E-state index < -0.39 is 0 Å². The molecule has 4 aromatic rings. The number of benzene rings is 2. The van der Waals surface area contributed by atoms with Crippen molar-refractivity contribution in [3.63, 3.8) is 0 Å². The van der Waals surface area contributed by atoms with Gasteiger partial charge in [-0.15, -0.1) is 11.3 Å². The summed E-state index contributed by atoms with van der Waals surface area (Å²) in [4.78, 5) is 17.1. The number of nitrogens with one attached hydrogen (secondary N) is 1. The third kappa shape index (κ3) is 4.84. The van der Waals surface area contributed by atoms with Crippen molar-refractivity contribution >= 4 is 34.5 Å². The summed E-state index contributed by atoms with van der Waals surface area (Å²) < 4.78 is 6.98. The molecule has 0 saturated heterocycles. The zero-order valence-electron chi connectivity index (χ0n) is 18.1. The maximum atomic E-state index is 12.4. The van der Waals surface area contributed by atoms with Gasteiger partial charge in [0.15, 0.2) is 0 Å². The van der Waals surface area contributed by atoms with Gasteiger partial charge >= 0.3 is 0 Å². The van der Waals surface area contributed by atoms with Crippen LogP contribution >= 0.6 is 22.9 Å². The standard InChI is InChI=1S/C24H23ClN4O2S/c1-15-21(12-17-6-4-5-7-22(17)25)16(2)29(28-15)24-27-19(14-32-24)13-23(30)26-18-8-10-20(31-3)11-9-18/h4-11,14H,12-13H2,1-3H3,(H,26,30). The van der Waals surface area contributed by atoms with Crippen LogP contribution in [0, 0.1) is 13.8 Å². The van der Waals surface area contributed by atoms with Gasteiger partial charge in [-0.05, 0) is 49.7 Å². The lowest BCUT2D eigenvalue weighted by Gasteiger charge is -2.06. The number of aromatic nitrogens is 3. The molecule has 0 fully saturated rings. The summed E-state index contributed by atoms with van der Waals surface area (Å²) in [5.74, 6) is 0.616. The average molecular weight is 467 g/mol. The second-order valence-electron chi connectivity index (χ2n) is 7.40. The molecule has 0 atom stereocenters. The Kier molecular flexibility index (Phi) is 6.58. The van der Waals surface area contributed by atoms with Gasteiger partial charge in [0.2, 0.25) is 11.0 Å². The molecule has 32 heavy (non-hydrogen) atoms. The number of methoxy groups -OCH3 is 1. The number of aryl methyl sites for hydroxylation is 1. The number of amides is 1. The van der Waals surface area contributed by atoms with Gasteiger partial charge in [0.05, 0.1) is 24.9 Å². The minimum absolute atomic E-state index is 0.125. The summed E-state index contributed by atoms with van der Waals surface area (Å²) in [5.41, 5.74) is 5.58. The van der Waals surface area contributed by atoms with E-state index in [0.29, 0.717) is 17.8 Å². The van der Waals surface area contributed by atoms with E-state index in [1.165, 1.54) is 11.3 Å². The van der Waals surface area contributed by atoms with Crippen molar-refractivity contribution in [2.45, 2.75) is 26.7 Å². The monoisotopic (exact) mass is 466 g/mol. The predicted molar refractivity (Wildman–Crippen MR) is 128 cm³/mol. The summed E-state index contributed by atoms with van der Waals surface area (Å²) in [6, 6.07) is 15.1. The molecule has 0 aliphatic rings. The van der Waals surface area contributed by atoms with Crippen LogP contribution in [0.3, 0.4) is 0 Å². The Morgan fingerprint density at radius 3 is 2.62 bits per heavy atom. The Morgan fingerprint density at radius 1 is 1.16 bits per heavy atom. The summed E-state index contributed by atoms with van der Waals surface area (Å²) >= 11 is 7.81. The van der Waals surface area contributed by atoms with Crippen molar-refractivity contribution in [2.75, 3.05) is 12.4 Å². The van der Waals surface area contributed by atoms with Crippen LogP contribution in [0.2, 0.25) is 5.02 Å². The Morgan fingerprint density at radius 2 is 1.91 bits per heavy atom. The Bertz CT molecular complexity index is 1250. The Labute approximate surface area is 195 Å². The van der Waals surface area contributed by atoms with Crippen LogP contribution in [0.1, 0.15) is 28.2 Å². The smallest absolute Gasteiger partial charge is 0.230 e. The van der Waals surface area contributed by atoms with E-state index in [0.717, 1.165) is 38.4 Å². The third-order valence-electron chi connectivity index (χ3n) is 5.20. The maximum Gasteiger partial charge on any atom is 0.230 e. The van der Waals surface area contributed by atoms with Gasteiger partial charge in [-0.1, -0.05) is 29.8 Å². The third-order valence-corrected chi connectivity index (χ3v) is 6.44. The minimum Gasteiger partial charge on any atom is -0.497 e. The van der Waals surface area contributed by atoms with Crippen molar-refractivity contribution in [1.82, 2.24) is 14.8 Å². The van der Waals surface area contributed by atoms with Crippen LogP contribution in [0.25, 0.3) is 5.13 Å². The van der Waals surface area contributed by atoms with Crippen LogP contribution in [0.5, 0.6) is 5.75 Å². The first-order valence-electron chi connectivity index (χ1n) is 10.1. The largest absolute Gasteiger partial charge is 0.497 e. The van der Waals surface area contributed by atoms with Crippen LogP contribution in [0.4, 0.5) is 5.69 Å². The van der Waals surface area contributed by atoms with Crippen LogP contribution < -0.4 is 10.1 Å². The van der Waals surface area contributed by atoms with Crippen molar-refractivity contribution in [1.29, 1.82) is 0 Å². The Balaban J connectivity index is 1.47. The lowest BCUT2D eigenvalue weighted by atomic mass is 10.0. The second kappa shape index (κ2) is 9.54. The molecule has 0 unspecified atom stereocenters. The van der Waals surface area contributed by atoms with E-state index in [1.54, 1.807) is 31.4 Å². The molecule has 4 rings (SSSR count). The fourth-order valence-electron chi connectivity index (χ4n) is 3.47. The molecule has 8 heteroatoms. The number of halogens is 1. The van der Waals surface area contributed by atoms with Gasteiger partial charge in [0.25, 0.3) is 0 Å². The second-order valence-corrected chi connectivity index (χ2v) is 8.65. The molecule has 0 saturated carbocycles. The zero-order chi connectivity index (χ0) is 22.7. The molecule has 2 aromatic heterocycles. The number of hydrogen-bond donors (Lipinski definition) is 1. The first-order valence-corrected chi connectivity index (χ1v) is 11.4. The van der Waals surface area contributed by atoms with E-state index in [9.17, 15) is 4.79 Å². The van der Waals surface area contributed by atoms with E-state index in [4.69, 9.17) is 21.4 Å². The lowest BCUT2D eigenvalue weighted by Crippen LogP contribution is -2.14. The SMILES string of the molecule is COc1ccc(NC(=O)Cc2csc(-n3nc(C)c(Cc4ccccc4Cl)c3C)n2)cc1. The fraction of sp³-hybridized carbons (Fsp3) is 0.208. The number of carbonyl (C=O) groups excluding carboxylic acids is 1. The highest BCUT2D eigenvalue weighted by molar-refractivity contribution is 7.12. The van der Waals surface area contributed by atoms with Crippen molar-refractivity contribution in [3.8, 4) is 10.9 Å². The highest BCUT2D eigenvalue weighted by Crippen LogP contribution is 2.26. The molecule has 0 radical (unpaired) electrons. The molecule has 0 aliphatic carbocycles. The number of hydrogen-bond acceptors (Lipinski definition) is 5. The van der Waals surface area contributed by atoms with Gasteiger partial charge in [0.1, 0.15) is 5.75 Å². The zero-order valence-corrected chi connectivity index (χ0v) is 19.6. The van der Waals surface area contributed by atoms with Gasteiger partial charge in [0, 0.05) is 33.8 Å². The predicted octanol–water partition coefficient (Wildman–Crippen LogP) is 5.38. The summed E-state index contributed by atoms with van der Waals surface area (Å²) in [6.45, 7) is 4.02. The van der Waals surface area contributed by atoms with Gasteiger partial charge < -0.3 is 10.1 Å². The van der Waals surface area contributed by atoms with Crippen LogP contribution in [-0.4, -0.2) is 27.8 Å². The van der Waals surface area contributed by atoms with Gasteiger partial charge in [-0.25, -0.2) is 9.67 Å². The van der Waals surface area contributed by atoms with E-state index in [2.05, 4.69) is 10.3 Å². The Hall–Kier alpha value is -3.16. The molecule has 1 N–H and O–H groups in total. The molecular formula is C24H23ClN4O2S. The molecule has 2 aromatic carbocycles. The number of anilines is 1. The molecular weight excluding hydrogens is 444 g/mol. The molecule has 0 spiro atoms. The van der Waals surface area contributed by atoms with Gasteiger partial charge in [-0.3, -0.25) is 4.79 Å². The molecule has 1 amide bonds. The van der Waals surface area contributed by atoms with Crippen molar-refractivity contribution in [3.05, 3.63) is 87.1 Å². The van der Waals surface area contributed by atoms with E-state index in [1.807, 2.05) is 48.2 Å². The first kappa shape index (κ1) is 22.0. The molecule has 0 aliphatic heterocycles. The molecule has 2 heterocycles. The summed E-state index contributed by atoms with van der Waals surface area (Å²) in [7, 11) is 1.61. The number of carbonyl (C=O) groups is 1. The molecule has 0 bridgehead atoms.